The first kappa shape index (κ1) is 20.1. The monoisotopic (exact) mass is 390 g/mol. The standard InChI is InChI=1S/C21H24F2N2O3/c1-2-16-12-24-10-11-25(16)21(26)28-14-17-18(22)8-9-19(20(17)23)27-13-15-6-4-3-5-7-15/h3-9,16,24H,2,10-14H2,1H3. The van der Waals surface area contributed by atoms with Crippen LogP contribution >= 0.6 is 0 Å². The molecule has 1 heterocycles. The van der Waals surface area contributed by atoms with Gasteiger partial charge in [0.25, 0.3) is 0 Å². The lowest BCUT2D eigenvalue weighted by atomic mass is 10.1. The van der Waals surface area contributed by atoms with Gasteiger partial charge in [0, 0.05) is 25.7 Å². The summed E-state index contributed by atoms with van der Waals surface area (Å²) in [6.45, 7) is 3.49. The third-order valence-corrected chi connectivity index (χ3v) is 4.78. The normalized spacial score (nSPS) is 16.7. The molecule has 3 rings (SSSR count). The lowest BCUT2D eigenvalue weighted by molar-refractivity contribution is 0.0697. The largest absolute Gasteiger partial charge is 0.486 e. The highest BCUT2D eigenvalue weighted by Gasteiger charge is 2.27. The van der Waals surface area contributed by atoms with E-state index in [1.165, 1.54) is 6.07 Å². The molecule has 0 radical (unpaired) electrons. The van der Waals surface area contributed by atoms with Crippen molar-refractivity contribution in [3.63, 3.8) is 0 Å². The van der Waals surface area contributed by atoms with Crippen molar-refractivity contribution in [3.05, 3.63) is 65.2 Å². The molecule has 2 aromatic rings. The zero-order valence-corrected chi connectivity index (χ0v) is 15.8. The van der Waals surface area contributed by atoms with Crippen molar-refractivity contribution in [2.45, 2.75) is 32.6 Å². The maximum atomic E-state index is 14.7. The van der Waals surface area contributed by atoms with Gasteiger partial charge in [0.05, 0.1) is 5.56 Å². The van der Waals surface area contributed by atoms with Crippen LogP contribution < -0.4 is 10.1 Å². The summed E-state index contributed by atoms with van der Waals surface area (Å²) in [6.07, 6.45) is 0.205. The Morgan fingerprint density at radius 1 is 1.18 bits per heavy atom. The molecule has 5 nitrogen and oxygen atoms in total. The predicted molar refractivity (Wildman–Crippen MR) is 101 cm³/mol. The molecule has 1 atom stereocenters. The Morgan fingerprint density at radius 2 is 1.96 bits per heavy atom. The summed E-state index contributed by atoms with van der Waals surface area (Å²) in [4.78, 5) is 14.0. The number of carbonyl (C=O) groups excluding carboxylic acids is 1. The Hall–Kier alpha value is -2.67. The van der Waals surface area contributed by atoms with Crippen LogP contribution in [0.2, 0.25) is 0 Å². The minimum atomic E-state index is -0.851. The van der Waals surface area contributed by atoms with Crippen LogP contribution in [0.4, 0.5) is 13.6 Å². The van der Waals surface area contributed by atoms with E-state index in [4.69, 9.17) is 9.47 Å². The summed E-state index contributed by atoms with van der Waals surface area (Å²) >= 11 is 0. The Balaban J connectivity index is 1.65. The zero-order valence-electron chi connectivity index (χ0n) is 15.8. The second-order valence-electron chi connectivity index (χ2n) is 6.63. The molecule has 28 heavy (non-hydrogen) atoms. The Morgan fingerprint density at radius 3 is 2.71 bits per heavy atom. The van der Waals surface area contributed by atoms with Gasteiger partial charge in [-0.1, -0.05) is 37.3 Å². The maximum absolute atomic E-state index is 14.7. The van der Waals surface area contributed by atoms with Gasteiger partial charge in [-0.2, -0.15) is 0 Å². The SMILES string of the molecule is CCC1CNCCN1C(=O)OCc1c(F)ccc(OCc2ccccc2)c1F. The highest BCUT2D eigenvalue weighted by atomic mass is 19.1. The van der Waals surface area contributed by atoms with Gasteiger partial charge in [-0.15, -0.1) is 0 Å². The molecule has 0 bridgehead atoms. The molecule has 1 aliphatic heterocycles. The fourth-order valence-corrected chi connectivity index (χ4v) is 3.14. The van der Waals surface area contributed by atoms with Gasteiger partial charge in [-0.25, -0.2) is 13.6 Å². The van der Waals surface area contributed by atoms with Gasteiger partial charge >= 0.3 is 6.09 Å². The lowest BCUT2D eigenvalue weighted by Gasteiger charge is -2.34. The van der Waals surface area contributed by atoms with E-state index in [2.05, 4.69) is 5.32 Å². The molecule has 0 aliphatic carbocycles. The number of nitrogens with zero attached hydrogens (tertiary/aromatic N) is 1. The van der Waals surface area contributed by atoms with Crippen molar-refractivity contribution < 1.29 is 23.0 Å². The number of halogens is 2. The highest BCUT2D eigenvalue weighted by Crippen LogP contribution is 2.25. The lowest BCUT2D eigenvalue weighted by Crippen LogP contribution is -2.53. The Labute approximate surface area is 163 Å². The van der Waals surface area contributed by atoms with Crippen LogP contribution in [0, 0.1) is 11.6 Å². The number of hydrogen-bond acceptors (Lipinski definition) is 4. The van der Waals surface area contributed by atoms with E-state index in [1.54, 1.807) is 4.90 Å². The quantitative estimate of drug-likeness (QED) is 0.814. The number of benzene rings is 2. The first-order valence-corrected chi connectivity index (χ1v) is 9.37. The summed E-state index contributed by atoms with van der Waals surface area (Å²) in [6, 6.07) is 11.6. The molecule has 0 saturated carbocycles. The first-order valence-electron chi connectivity index (χ1n) is 9.37. The van der Waals surface area contributed by atoms with Gasteiger partial charge in [0.2, 0.25) is 0 Å². The fraction of sp³-hybridized carbons (Fsp3) is 0.381. The number of hydrogen-bond donors (Lipinski definition) is 1. The Kier molecular flexibility index (Phi) is 6.81. The molecule has 1 aliphatic rings. The summed E-state index contributed by atoms with van der Waals surface area (Å²) < 4.78 is 39.5. The number of nitrogens with one attached hydrogen (secondary N) is 1. The van der Waals surface area contributed by atoms with E-state index in [0.29, 0.717) is 19.6 Å². The van der Waals surface area contributed by atoms with E-state index < -0.39 is 24.3 Å². The molecule has 0 spiro atoms. The number of carbonyl (C=O) groups is 1. The molecule has 150 valence electrons. The van der Waals surface area contributed by atoms with E-state index in [-0.39, 0.29) is 24.0 Å². The molecule has 1 N–H and O–H groups in total. The second-order valence-corrected chi connectivity index (χ2v) is 6.63. The van der Waals surface area contributed by atoms with Crippen LogP contribution in [0.25, 0.3) is 0 Å². The maximum Gasteiger partial charge on any atom is 0.410 e. The van der Waals surface area contributed by atoms with Crippen LogP contribution in [0.3, 0.4) is 0 Å². The van der Waals surface area contributed by atoms with Crippen LogP contribution in [0.5, 0.6) is 5.75 Å². The molecule has 1 saturated heterocycles. The molecule has 1 fully saturated rings. The van der Waals surface area contributed by atoms with E-state index in [9.17, 15) is 13.6 Å². The number of piperazine rings is 1. The third-order valence-electron chi connectivity index (χ3n) is 4.78. The van der Waals surface area contributed by atoms with E-state index in [0.717, 1.165) is 18.1 Å². The fourth-order valence-electron chi connectivity index (χ4n) is 3.14. The van der Waals surface area contributed by atoms with Crippen LogP contribution in [0.15, 0.2) is 42.5 Å². The van der Waals surface area contributed by atoms with Crippen molar-refractivity contribution >= 4 is 6.09 Å². The van der Waals surface area contributed by atoms with Crippen molar-refractivity contribution in [2.75, 3.05) is 19.6 Å². The van der Waals surface area contributed by atoms with Gasteiger partial charge in [0.1, 0.15) is 19.0 Å². The summed E-state index contributed by atoms with van der Waals surface area (Å²) in [7, 11) is 0. The third kappa shape index (κ3) is 4.78. The predicted octanol–water partition coefficient (Wildman–Crippen LogP) is 3.86. The number of ether oxygens (including phenoxy) is 2. The zero-order chi connectivity index (χ0) is 19.9. The topological polar surface area (TPSA) is 50.8 Å². The first-order chi connectivity index (χ1) is 13.6. The van der Waals surface area contributed by atoms with Crippen molar-refractivity contribution in [2.24, 2.45) is 0 Å². The number of rotatable bonds is 6. The molecular formula is C21H24F2N2O3. The van der Waals surface area contributed by atoms with Crippen LogP contribution in [-0.2, 0) is 18.0 Å². The van der Waals surface area contributed by atoms with Crippen LogP contribution in [0.1, 0.15) is 24.5 Å². The molecule has 7 heteroatoms. The van der Waals surface area contributed by atoms with Crippen LogP contribution in [-0.4, -0.2) is 36.7 Å². The summed E-state index contributed by atoms with van der Waals surface area (Å²) in [5, 5.41) is 3.21. The molecule has 0 aromatic heterocycles. The Bertz CT molecular complexity index is 802. The number of amides is 1. The van der Waals surface area contributed by atoms with E-state index >= 15 is 0 Å². The molecule has 1 unspecified atom stereocenters. The average Bonchev–Trinajstić information content (AvgIpc) is 2.73. The highest BCUT2D eigenvalue weighted by molar-refractivity contribution is 5.68. The molecule has 2 aromatic carbocycles. The van der Waals surface area contributed by atoms with E-state index in [1.807, 2.05) is 37.3 Å². The van der Waals surface area contributed by atoms with Crippen molar-refractivity contribution in [1.82, 2.24) is 10.2 Å². The minimum absolute atomic E-state index is 0.0106. The van der Waals surface area contributed by atoms with Gasteiger partial charge < -0.3 is 19.7 Å². The van der Waals surface area contributed by atoms with Crippen molar-refractivity contribution in [3.8, 4) is 5.75 Å². The molecular weight excluding hydrogens is 366 g/mol. The van der Waals surface area contributed by atoms with Gasteiger partial charge in [-0.05, 0) is 24.1 Å². The second kappa shape index (κ2) is 9.50. The molecule has 1 amide bonds. The van der Waals surface area contributed by atoms with Gasteiger partial charge in [-0.3, -0.25) is 0 Å². The minimum Gasteiger partial charge on any atom is -0.486 e. The summed E-state index contributed by atoms with van der Waals surface area (Å²) in [5.41, 5.74) is 0.547. The smallest absolute Gasteiger partial charge is 0.410 e. The summed E-state index contributed by atoms with van der Waals surface area (Å²) in [5.74, 6) is -1.70. The average molecular weight is 390 g/mol. The van der Waals surface area contributed by atoms with Gasteiger partial charge in [0.15, 0.2) is 11.6 Å². The van der Waals surface area contributed by atoms with Crippen molar-refractivity contribution in [1.29, 1.82) is 0 Å².